The molecular formula is C14H25N3O3S. The molecule has 0 radical (unpaired) electrons. The molecular weight excluding hydrogens is 290 g/mol. The predicted octanol–water partition coefficient (Wildman–Crippen LogP) is 1.16. The Balaban J connectivity index is 3.33. The first kappa shape index (κ1) is 17.7. The molecule has 0 aromatic heterocycles. The van der Waals surface area contributed by atoms with Gasteiger partial charge >= 0.3 is 0 Å². The zero-order valence-electron chi connectivity index (χ0n) is 12.8. The molecule has 1 aromatic rings. The van der Waals surface area contributed by atoms with E-state index in [2.05, 4.69) is 18.6 Å². The summed E-state index contributed by atoms with van der Waals surface area (Å²) < 4.78 is 26.2. The number of nitrogens with zero attached hydrogens (tertiary/aromatic N) is 1. The standard InChI is InChI=1S/C14H25N3O3S/c1-4-11(5-2)17(8-9-18)14-10-12(6-7-13(14)15)21(19,20)16-3/h6-7,10-11,16,18H,4-5,8-9,15H2,1-3H3. The summed E-state index contributed by atoms with van der Waals surface area (Å²) in [5, 5.41) is 9.29. The third kappa shape index (κ3) is 4.09. The maximum Gasteiger partial charge on any atom is 0.240 e. The van der Waals surface area contributed by atoms with Gasteiger partial charge in [-0.25, -0.2) is 13.1 Å². The summed E-state index contributed by atoms with van der Waals surface area (Å²) in [4.78, 5) is 2.15. The molecule has 7 heteroatoms. The van der Waals surface area contributed by atoms with E-state index in [1.165, 1.54) is 13.1 Å². The highest BCUT2D eigenvalue weighted by atomic mass is 32.2. The lowest BCUT2D eigenvalue weighted by atomic mass is 10.1. The Morgan fingerprint density at radius 1 is 1.33 bits per heavy atom. The maximum atomic E-state index is 11.9. The van der Waals surface area contributed by atoms with E-state index in [1.54, 1.807) is 12.1 Å². The zero-order chi connectivity index (χ0) is 16.0. The molecule has 0 amide bonds. The number of anilines is 2. The van der Waals surface area contributed by atoms with Crippen LogP contribution in [0.4, 0.5) is 11.4 Å². The number of hydrogen-bond donors (Lipinski definition) is 3. The number of aliphatic hydroxyl groups excluding tert-OH is 1. The molecule has 1 aromatic carbocycles. The molecule has 0 unspecified atom stereocenters. The Labute approximate surface area is 127 Å². The number of hydrogen-bond acceptors (Lipinski definition) is 5. The Bertz CT molecular complexity index is 557. The van der Waals surface area contributed by atoms with Gasteiger partial charge in [-0.15, -0.1) is 0 Å². The van der Waals surface area contributed by atoms with Gasteiger partial charge in [0.2, 0.25) is 10.0 Å². The maximum absolute atomic E-state index is 11.9. The minimum absolute atomic E-state index is 0.0149. The highest BCUT2D eigenvalue weighted by molar-refractivity contribution is 7.89. The molecule has 4 N–H and O–H groups in total. The molecule has 1 rings (SSSR count). The van der Waals surface area contributed by atoms with E-state index in [9.17, 15) is 13.5 Å². The molecule has 0 aliphatic carbocycles. The van der Waals surface area contributed by atoms with E-state index in [0.29, 0.717) is 17.9 Å². The smallest absolute Gasteiger partial charge is 0.240 e. The van der Waals surface area contributed by atoms with Crippen LogP contribution in [0.1, 0.15) is 26.7 Å². The third-order valence-electron chi connectivity index (χ3n) is 3.61. The molecule has 0 saturated heterocycles. The molecule has 0 atom stereocenters. The van der Waals surface area contributed by atoms with E-state index in [1.807, 2.05) is 4.90 Å². The molecule has 0 heterocycles. The molecule has 120 valence electrons. The molecule has 6 nitrogen and oxygen atoms in total. The Morgan fingerprint density at radius 3 is 2.43 bits per heavy atom. The number of benzene rings is 1. The van der Waals surface area contributed by atoms with E-state index < -0.39 is 10.0 Å². The van der Waals surface area contributed by atoms with Crippen molar-refractivity contribution in [1.82, 2.24) is 4.72 Å². The van der Waals surface area contributed by atoms with Gasteiger partial charge < -0.3 is 15.7 Å². The van der Waals surface area contributed by atoms with Crippen LogP contribution in [0.25, 0.3) is 0 Å². The summed E-state index contributed by atoms with van der Waals surface area (Å²) in [5.41, 5.74) is 7.17. The summed E-state index contributed by atoms with van der Waals surface area (Å²) in [7, 11) is -2.15. The van der Waals surface area contributed by atoms with Gasteiger partial charge in [0, 0.05) is 12.6 Å². The summed E-state index contributed by atoms with van der Waals surface area (Å²) in [5.74, 6) is 0. The van der Waals surface area contributed by atoms with E-state index in [4.69, 9.17) is 5.73 Å². The van der Waals surface area contributed by atoms with E-state index in [0.717, 1.165) is 12.8 Å². The fraction of sp³-hybridized carbons (Fsp3) is 0.571. The topological polar surface area (TPSA) is 95.7 Å². The minimum Gasteiger partial charge on any atom is -0.397 e. The van der Waals surface area contributed by atoms with Gasteiger partial charge in [-0.1, -0.05) is 13.8 Å². The lowest BCUT2D eigenvalue weighted by molar-refractivity contribution is 0.296. The van der Waals surface area contributed by atoms with Gasteiger partial charge in [0.05, 0.1) is 22.9 Å². The normalized spacial score (nSPS) is 11.9. The summed E-state index contributed by atoms with van der Waals surface area (Å²) in [6.07, 6.45) is 1.78. The largest absolute Gasteiger partial charge is 0.397 e. The quantitative estimate of drug-likeness (QED) is 0.626. The number of rotatable bonds is 8. The van der Waals surface area contributed by atoms with Crippen LogP contribution in [0.5, 0.6) is 0 Å². The average Bonchev–Trinajstić information content (AvgIpc) is 2.48. The number of aliphatic hydroxyl groups is 1. The highest BCUT2D eigenvalue weighted by Crippen LogP contribution is 2.29. The average molecular weight is 315 g/mol. The van der Waals surface area contributed by atoms with Crippen LogP contribution >= 0.6 is 0 Å². The van der Waals surface area contributed by atoms with E-state index >= 15 is 0 Å². The second kappa shape index (κ2) is 7.63. The summed E-state index contributed by atoms with van der Waals surface area (Å²) >= 11 is 0. The Hall–Kier alpha value is -1.31. The van der Waals surface area contributed by atoms with Crippen LogP contribution in [-0.2, 0) is 10.0 Å². The molecule has 21 heavy (non-hydrogen) atoms. The van der Waals surface area contributed by atoms with Crippen LogP contribution in [0.15, 0.2) is 23.1 Å². The van der Waals surface area contributed by atoms with Crippen molar-refractivity contribution in [1.29, 1.82) is 0 Å². The molecule has 0 aliphatic rings. The highest BCUT2D eigenvalue weighted by Gasteiger charge is 2.20. The van der Waals surface area contributed by atoms with Crippen molar-refractivity contribution in [2.45, 2.75) is 37.6 Å². The Kier molecular flexibility index (Phi) is 6.44. The van der Waals surface area contributed by atoms with Crippen molar-refractivity contribution >= 4 is 21.4 Å². The minimum atomic E-state index is -3.52. The number of nitrogens with one attached hydrogen (secondary N) is 1. The van der Waals surface area contributed by atoms with Crippen LogP contribution < -0.4 is 15.4 Å². The lowest BCUT2D eigenvalue weighted by Crippen LogP contribution is -2.37. The molecule has 0 bridgehead atoms. The van der Waals surface area contributed by atoms with Gasteiger partial charge in [0.15, 0.2) is 0 Å². The molecule has 0 spiro atoms. The first-order valence-electron chi connectivity index (χ1n) is 7.11. The third-order valence-corrected chi connectivity index (χ3v) is 5.03. The van der Waals surface area contributed by atoms with Gasteiger partial charge in [-0.3, -0.25) is 0 Å². The van der Waals surface area contributed by atoms with Crippen LogP contribution in [-0.4, -0.2) is 39.8 Å². The van der Waals surface area contributed by atoms with Crippen molar-refractivity contribution in [3.05, 3.63) is 18.2 Å². The summed E-state index contributed by atoms with van der Waals surface area (Å²) in [6.45, 7) is 4.52. The Morgan fingerprint density at radius 2 is 1.95 bits per heavy atom. The summed E-state index contributed by atoms with van der Waals surface area (Å²) in [6, 6.07) is 4.84. The van der Waals surface area contributed by atoms with Crippen LogP contribution in [0, 0.1) is 0 Å². The van der Waals surface area contributed by atoms with Crippen molar-refractivity contribution in [3.8, 4) is 0 Å². The first-order chi connectivity index (χ1) is 9.91. The van der Waals surface area contributed by atoms with Crippen LogP contribution in [0.2, 0.25) is 0 Å². The van der Waals surface area contributed by atoms with Crippen molar-refractivity contribution in [2.24, 2.45) is 0 Å². The van der Waals surface area contributed by atoms with Gasteiger partial charge in [-0.05, 0) is 38.1 Å². The monoisotopic (exact) mass is 315 g/mol. The van der Waals surface area contributed by atoms with Crippen molar-refractivity contribution in [2.75, 3.05) is 30.8 Å². The molecule has 0 aliphatic heterocycles. The SMILES string of the molecule is CCC(CC)N(CCO)c1cc(S(=O)(=O)NC)ccc1N. The lowest BCUT2D eigenvalue weighted by Gasteiger charge is -2.33. The number of sulfonamides is 1. The number of nitrogen functional groups attached to an aromatic ring is 1. The molecule has 0 fully saturated rings. The van der Waals surface area contributed by atoms with Crippen LogP contribution in [0.3, 0.4) is 0 Å². The van der Waals surface area contributed by atoms with Gasteiger partial charge in [-0.2, -0.15) is 0 Å². The fourth-order valence-electron chi connectivity index (χ4n) is 2.39. The second-order valence-electron chi connectivity index (χ2n) is 4.82. The second-order valence-corrected chi connectivity index (χ2v) is 6.70. The number of nitrogens with two attached hydrogens (primary N) is 1. The van der Waals surface area contributed by atoms with E-state index in [-0.39, 0.29) is 17.5 Å². The van der Waals surface area contributed by atoms with Crippen molar-refractivity contribution in [3.63, 3.8) is 0 Å². The molecule has 0 saturated carbocycles. The van der Waals surface area contributed by atoms with Gasteiger partial charge in [0.25, 0.3) is 0 Å². The van der Waals surface area contributed by atoms with Gasteiger partial charge in [0.1, 0.15) is 0 Å². The fourth-order valence-corrected chi connectivity index (χ4v) is 3.14. The van der Waals surface area contributed by atoms with Crippen molar-refractivity contribution < 1.29 is 13.5 Å². The predicted molar refractivity (Wildman–Crippen MR) is 85.9 cm³/mol. The zero-order valence-corrected chi connectivity index (χ0v) is 13.7. The first-order valence-corrected chi connectivity index (χ1v) is 8.60.